The molecule has 1 fully saturated rings. The first-order chi connectivity index (χ1) is 6.20. The summed E-state index contributed by atoms with van der Waals surface area (Å²) in [5, 5.41) is 0. The first kappa shape index (κ1) is 10.5. The van der Waals surface area contributed by atoms with Crippen molar-refractivity contribution in [1.82, 2.24) is 5.48 Å². The molecule has 0 saturated carbocycles. The zero-order valence-corrected chi connectivity index (χ0v) is 8.21. The van der Waals surface area contributed by atoms with E-state index in [0.29, 0.717) is 13.2 Å². The van der Waals surface area contributed by atoms with Crippen LogP contribution in [0.15, 0.2) is 0 Å². The predicted molar refractivity (Wildman–Crippen MR) is 47.9 cm³/mol. The maximum absolute atomic E-state index is 11.4. The van der Waals surface area contributed by atoms with Gasteiger partial charge < -0.3 is 9.57 Å². The highest BCUT2D eigenvalue weighted by atomic mass is 16.7. The molecule has 0 aliphatic carbocycles. The zero-order valence-electron chi connectivity index (χ0n) is 8.21. The standard InChI is InChI=1S/C9H17NO3/c1-7(2)10-13-9(11)8-3-5-12-6-4-8/h7-8,10H,3-6H2,1-2H3. The van der Waals surface area contributed by atoms with Crippen molar-refractivity contribution in [3.63, 3.8) is 0 Å². The highest BCUT2D eigenvalue weighted by Crippen LogP contribution is 2.15. The molecule has 4 heteroatoms. The van der Waals surface area contributed by atoms with Crippen LogP contribution in [0.25, 0.3) is 0 Å². The summed E-state index contributed by atoms with van der Waals surface area (Å²) < 4.78 is 5.15. The monoisotopic (exact) mass is 187 g/mol. The van der Waals surface area contributed by atoms with Crippen molar-refractivity contribution in [3.05, 3.63) is 0 Å². The Morgan fingerprint density at radius 2 is 2.08 bits per heavy atom. The summed E-state index contributed by atoms with van der Waals surface area (Å²) >= 11 is 0. The van der Waals surface area contributed by atoms with E-state index >= 15 is 0 Å². The van der Waals surface area contributed by atoms with Gasteiger partial charge in [-0.15, -0.1) is 0 Å². The fourth-order valence-corrected chi connectivity index (χ4v) is 1.19. The molecule has 4 nitrogen and oxygen atoms in total. The van der Waals surface area contributed by atoms with Crippen molar-refractivity contribution in [3.8, 4) is 0 Å². The molecule has 0 amide bonds. The number of hydrogen-bond donors (Lipinski definition) is 1. The zero-order chi connectivity index (χ0) is 9.68. The number of rotatable bonds is 3. The maximum Gasteiger partial charge on any atom is 0.327 e. The summed E-state index contributed by atoms with van der Waals surface area (Å²) in [6, 6.07) is 0.170. The van der Waals surface area contributed by atoms with Crippen LogP contribution in [0.2, 0.25) is 0 Å². The molecule has 1 aliphatic rings. The van der Waals surface area contributed by atoms with Crippen LogP contribution in [0.4, 0.5) is 0 Å². The molecular weight excluding hydrogens is 170 g/mol. The Bertz CT molecular complexity index is 164. The molecule has 0 aromatic rings. The van der Waals surface area contributed by atoms with Gasteiger partial charge in [0.1, 0.15) is 0 Å². The van der Waals surface area contributed by atoms with Crippen LogP contribution in [-0.4, -0.2) is 25.2 Å². The molecule has 0 spiro atoms. The second-order valence-corrected chi connectivity index (χ2v) is 3.58. The van der Waals surface area contributed by atoms with E-state index in [2.05, 4.69) is 5.48 Å². The molecule has 0 radical (unpaired) electrons. The lowest BCUT2D eigenvalue weighted by Crippen LogP contribution is -2.32. The van der Waals surface area contributed by atoms with Gasteiger partial charge >= 0.3 is 5.97 Å². The smallest absolute Gasteiger partial charge is 0.327 e. The van der Waals surface area contributed by atoms with Crippen LogP contribution in [0, 0.1) is 5.92 Å². The summed E-state index contributed by atoms with van der Waals surface area (Å²) in [4.78, 5) is 16.3. The minimum Gasteiger partial charge on any atom is -0.381 e. The van der Waals surface area contributed by atoms with E-state index in [1.54, 1.807) is 0 Å². The van der Waals surface area contributed by atoms with E-state index in [4.69, 9.17) is 9.57 Å². The second-order valence-electron chi connectivity index (χ2n) is 3.58. The number of carbonyl (C=O) groups is 1. The molecule has 0 unspecified atom stereocenters. The SMILES string of the molecule is CC(C)NOC(=O)C1CCOCC1. The molecule has 1 heterocycles. The molecule has 76 valence electrons. The summed E-state index contributed by atoms with van der Waals surface area (Å²) in [5.74, 6) is -0.142. The minimum atomic E-state index is -0.156. The predicted octanol–water partition coefficient (Wildman–Crippen LogP) is 0.869. The average molecular weight is 187 g/mol. The van der Waals surface area contributed by atoms with E-state index in [9.17, 15) is 4.79 Å². The fraction of sp³-hybridized carbons (Fsp3) is 0.889. The number of nitrogens with one attached hydrogen (secondary N) is 1. The molecule has 0 atom stereocenters. The van der Waals surface area contributed by atoms with Gasteiger partial charge in [0.05, 0.1) is 5.92 Å². The van der Waals surface area contributed by atoms with Crippen molar-refractivity contribution in [2.75, 3.05) is 13.2 Å². The molecule has 0 bridgehead atoms. The molecule has 0 aromatic heterocycles. The third-order valence-electron chi connectivity index (χ3n) is 1.95. The van der Waals surface area contributed by atoms with Crippen molar-refractivity contribution in [2.24, 2.45) is 5.92 Å². The van der Waals surface area contributed by atoms with Gasteiger partial charge in [-0.25, -0.2) is 0 Å². The van der Waals surface area contributed by atoms with E-state index < -0.39 is 0 Å². The van der Waals surface area contributed by atoms with Gasteiger partial charge in [-0.05, 0) is 26.7 Å². The van der Waals surface area contributed by atoms with E-state index in [-0.39, 0.29) is 17.9 Å². The Hall–Kier alpha value is -0.610. The van der Waals surface area contributed by atoms with Crippen LogP contribution in [-0.2, 0) is 14.4 Å². The Morgan fingerprint density at radius 3 is 2.62 bits per heavy atom. The topological polar surface area (TPSA) is 47.6 Å². The van der Waals surface area contributed by atoms with Crippen LogP contribution in [0.5, 0.6) is 0 Å². The lowest BCUT2D eigenvalue weighted by atomic mass is 10.0. The van der Waals surface area contributed by atoms with Crippen molar-refractivity contribution in [1.29, 1.82) is 0 Å². The van der Waals surface area contributed by atoms with Gasteiger partial charge in [0, 0.05) is 19.3 Å². The Labute approximate surface area is 78.5 Å². The molecule has 13 heavy (non-hydrogen) atoms. The summed E-state index contributed by atoms with van der Waals surface area (Å²) in [5.41, 5.74) is 2.65. The lowest BCUT2D eigenvalue weighted by Gasteiger charge is -2.20. The number of carbonyl (C=O) groups excluding carboxylic acids is 1. The third-order valence-corrected chi connectivity index (χ3v) is 1.95. The highest BCUT2D eigenvalue weighted by molar-refractivity contribution is 5.72. The van der Waals surface area contributed by atoms with Gasteiger partial charge in [-0.2, -0.15) is 5.48 Å². The van der Waals surface area contributed by atoms with Crippen molar-refractivity contribution in [2.45, 2.75) is 32.7 Å². The number of ether oxygens (including phenoxy) is 1. The van der Waals surface area contributed by atoms with E-state index in [1.807, 2.05) is 13.8 Å². The summed E-state index contributed by atoms with van der Waals surface area (Å²) in [6.45, 7) is 5.19. The Morgan fingerprint density at radius 1 is 1.46 bits per heavy atom. The van der Waals surface area contributed by atoms with Crippen molar-refractivity contribution >= 4 is 5.97 Å². The van der Waals surface area contributed by atoms with E-state index in [1.165, 1.54) is 0 Å². The number of hydrogen-bond acceptors (Lipinski definition) is 4. The van der Waals surface area contributed by atoms with Gasteiger partial charge in [-0.3, -0.25) is 4.79 Å². The highest BCUT2D eigenvalue weighted by Gasteiger charge is 2.23. The Kier molecular flexibility index (Phi) is 4.18. The van der Waals surface area contributed by atoms with Crippen LogP contribution >= 0.6 is 0 Å². The lowest BCUT2D eigenvalue weighted by molar-refractivity contribution is -0.160. The van der Waals surface area contributed by atoms with Crippen LogP contribution in [0.1, 0.15) is 26.7 Å². The molecule has 1 rings (SSSR count). The van der Waals surface area contributed by atoms with Gasteiger partial charge in [0.2, 0.25) is 0 Å². The molecule has 1 saturated heterocycles. The normalized spacial score (nSPS) is 19.0. The van der Waals surface area contributed by atoms with Gasteiger partial charge in [0.15, 0.2) is 0 Å². The first-order valence-electron chi connectivity index (χ1n) is 4.74. The second kappa shape index (κ2) is 5.19. The van der Waals surface area contributed by atoms with Gasteiger partial charge in [-0.1, -0.05) is 0 Å². The molecule has 0 aromatic carbocycles. The molecular formula is C9H17NO3. The third kappa shape index (κ3) is 3.74. The first-order valence-corrected chi connectivity index (χ1v) is 4.74. The molecule has 1 aliphatic heterocycles. The minimum absolute atomic E-state index is 0.0139. The largest absolute Gasteiger partial charge is 0.381 e. The fourth-order valence-electron chi connectivity index (χ4n) is 1.19. The number of hydroxylamine groups is 1. The Balaban J connectivity index is 2.21. The average Bonchev–Trinajstić information content (AvgIpc) is 2.15. The molecule has 1 N–H and O–H groups in total. The quantitative estimate of drug-likeness (QED) is 0.666. The summed E-state index contributed by atoms with van der Waals surface area (Å²) in [7, 11) is 0. The van der Waals surface area contributed by atoms with Crippen LogP contribution in [0.3, 0.4) is 0 Å². The van der Waals surface area contributed by atoms with Crippen molar-refractivity contribution < 1.29 is 14.4 Å². The van der Waals surface area contributed by atoms with Gasteiger partial charge in [0.25, 0.3) is 0 Å². The maximum atomic E-state index is 11.4. The van der Waals surface area contributed by atoms with Crippen LogP contribution < -0.4 is 5.48 Å². The summed E-state index contributed by atoms with van der Waals surface area (Å²) in [6.07, 6.45) is 1.55. The van der Waals surface area contributed by atoms with E-state index in [0.717, 1.165) is 12.8 Å².